The second-order valence-corrected chi connectivity index (χ2v) is 18.1. The Kier molecular flexibility index (Phi) is 12.1. The van der Waals surface area contributed by atoms with Gasteiger partial charge in [-0.3, -0.25) is 0 Å². The van der Waals surface area contributed by atoms with Crippen LogP contribution in [0.25, 0.3) is 21.9 Å². The molecule has 0 fully saturated rings. The van der Waals surface area contributed by atoms with Gasteiger partial charge < -0.3 is 14.0 Å². The number of halogens is 3. The average molecular weight is 911 g/mol. The van der Waals surface area contributed by atoms with Crippen LogP contribution >= 0.6 is 0 Å². The maximum absolute atomic E-state index is 14.1. The summed E-state index contributed by atoms with van der Waals surface area (Å²) in [5.41, 5.74) is 5.36. The highest BCUT2D eigenvalue weighted by Gasteiger charge is 2.50. The number of allylic oxidation sites excluding steroid dienone is 4. The van der Waals surface area contributed by atoms with Crippen LogP contribution in [-0.4, -0.2) is 13.9 Å². The lowest BCUT2D eigenvalue weighted by molar-refractivity contribution is -0.0499. The van der Waals surface area contributed by atoms with Crippen molar-refractivity contribution >= 4 is 55.0 Å². The summed E-state index contributed by atoms with van der Waals surface area (Å²) in [5.74, 6) is -0.378. The van der Waals surface area contributed by atoms with Gasteiger partial charge in [-0.2, -0.15) is 21.6 Å². The van der Waals surface area contributed by atoms with Crippen LogP contribution in [0.5, 0.6) is 5.75 Å². The predicted octanol–water partition coefficient (Wildman–Crippen LogP) is 16.2. The third kappa shape index (κ3) is 8.18. The normalized spacial score (nSPS) is 16.3. The van der Waals surface area contributed by atoms with E-state index in [1.165, 1.54) is 33.9 Å². The van der Waals surface area contributed by atoms with Gasteiger partial charge in [0.15, 0.2) is 5.75 Å². The first kappa shape index (κ1) is 44.8. The van der Waals surface area contributed by atoms with Crippen molar-refractivity contribution in [2.75, 3.05) is 9.80 Å². The molecule has 67 heavy (non-hydrogen) atoms. The highest BCUT2D eigenvalue weighted by molar-refractivity contribution is 7.88. The van der Waals surface area contributed by atoms with E-state index in [1.54, 1.807) is 41.3 Å². The molecule has 2 aliphatic rings. The first-order chi connectivity index (χ1) is 32.4. The van der Waals surface area contributed by atoms with Crippen molar-refractivity contribution in [1.82, 2.24) is 0 Å². The van der Waals surface area contributed by atoms with E-state index in [-0.39, 0.29) is 11.6 Å². The molecule has 10 rings (SSSR count). The number of rotatable bonds is 10. The molecule has 9 heteroatoms. The highest BCUT2D eigenvalue weighted by atomic mass is 32.2. The maximum Gasteiger partial charge on any atom is 0.534 e. The van der Waals surface area contributed by atoms with Gasteiger partial charge in [-0.1, -0.05) is 165 Å². The van der Waals surface area contributed by atoms with Gasteiger partial charge in [-0.15, -0.1) is 0 Å². The molecule has 2 atom stereocenters. The van der Waals surface area contributed by atoms with Crippen molar-refractivity contribution in [3.8, 4) is 16.9 Å². The van der Waals surface area contributed by atoms with E-state index in [2.05, 4.69) is 110 Å². The number of benzene rings is 8. The molecule has 2 aliphatic carbocycles. The Balaban J connectivity index is 0.00000278. The summed E-state index contributed by atoms with van der Waals surface area (Å²) in [6.45, 7) is 8.24. The Hall–Kier alpha value is -7.36. The number of hydrogen-bond donors (Lipinski definition) is 0. The van der Waals surface area contributed by atoms with E-state index in [4.69, 9.17) is 4.18 Å². The summed E-state index contributed by atoms with van der Waals surface area (Å²) < 4.78 is 72.8. The van der Waals surface area contributed by atoms with Crippen LogP contribution in [0.3, 0.4) is 0 Å². The molecule has 8 aromatic carbocycles. The molecule has 5 nitrogen and oxygen atoms in total. The van der Waals surface area contributed by atoms with Crippen LogP contribution in [-0.2, 0) is 15.5 Å². The standard InChI is InChI=1S/C56H43F3N2O3S.C2H6/c1-38-21-26-42(27-22-38)55(43-28-23-39(2)24-29-43)51-20-12-11-19-49(51)50-36-47(31-33-52(50)55)60(46-30-25-40-13-9-10-14-41(40)35-46)48-32-34-54(64-65(62,63)56(57,58)59)53(37-48)61(44-15-5-3-6-16-44)45-17-7-4-8-18-45;1-2/h3-28,30-37,43H,29H2,1-2H3;1-2H3. The summed E-state index contributed by atoms with van der Waals surface area (Å²) >= 11 is 0. The molecule has 0 spiro atoms. The summed E-state index contributed by atoms with van der Waals surface area (Å²) in [4.78, 5) is 3.76. The minimum Gasteiger partial charge on any atom is -0.374 e. The smallest absolute Gasteiger partial charge is 0.374 e. The van der Waals surface area contributed by atoms with Gasteiger partial charge in [0.2, 0.25) is 0 Å². The van der Waals surface area contributed by atoms with Gasteiger partial charge in [0.25, 0.3) is 0 Å². The van der Waals surface area contributed by atoms with Crippen LogP contribution < -0.4 is 14.0 Å². The van der Waals surface area contributed by atoms with Crippen molar-refractivity contribution in [1.29, 1.82) is 0 Å². The van der Waals surface area contributed by atoms with Crippen LogP contribution in [0, 0.1) is 12.8 Å². The van der Waals surface area contributed by atoms with Gasteiger partial charge >= 0.3 is 15.6 Å². The maximum atomic E-state index is 14.1. The number of aryl methyl sites for hydroxylation is 1. The number of fused-ring (bicyclic) bond motifs is 4. The van der Waals surface area contributed by atoms with Crippen molar-refractivity contribution in [3.05, 3.63) is 234 Å². The first-order valence-corrected chi connectivity index (χ1v) is 23.8. The minimum atomic E-state index is -6.07. The molecular formula is C58H49F3N2O3S. The van der Waals surface area contributed by atoms with E-state index in [0.717, 1.165) is 39.7 Å². The van der Waals surface area contributed by atoms with E-state index >= 15 is 0 Å². The molecule has 0 N–H and O–H groups in total. The third-order valence-corrected chi connectivity index (χ3v) is 13.6. The summed E-state index contributed by atoms with van der Waals surface area (Å²) in [6.07, 6.45) is 7.75. The van der Waals surface area contributed by atoms with E-state index in [1.807, 2.05) is 86.6 Å². The molecule has 0 saturated heterocycles. The number of alkyl halides is 3. The molecular weight excluding hydrogens is 862 g/mol. The van der Waals surface area contributed by atoms with Crippen molar-refractivity contribution < 1.29 is 25.8 Å². The fraction of sp³-hybridized carbons (Fsp3) is 0.138. The first-order valence-electron chi connectivity index (χ1n) is 22.4. The lowest BCUT2D eigenvalue weighted by atomic mass is 9.62. The van der Waals surface area contributed by atoms with Gasteiger partial charge in [0, 0.05) is 28.4 Å². The molecule has 0 bridgehead atoms. The fourth-order valence-electron chi connectivity index (χ4n) is 9.63. The Morgan fingerprint density at radius 2 is 1.13 bits per heavy atom. The molecule has 2 unspecified atom stereocenters. The van der Waals surface area contributed by atoms with Gasteiger partial charge in [0.05, 0.1) is 11.1 Å². The topological polar surface area (TPSA) is 49.9 Å². The molecule has 0 heterocycles. The summed E-state index contributed by atoms with van der Waals surface area (Å²) in [7, 11) is -6.07. The van der Waals surface area contributed by atoms with E-state index in [0.29, 0.717) is 17.1 Å². The minimum absolute atomic E-state index is 0.0795. The van der Waals surface area contributed by atoms with Crippen molar-refractivity contribution in [2.45, 2.75) is 45.0 Å². The second-order valence-electron chi connectivity index (χ2n) is 16.6. The molecule has 0 amide bonds. The van der Waals surface area contributed by atoms with E-state index < -0.39 is 26.8 Å². The Labute approximate surface area is 390 Å². The van der Waals surface area contributed by atoms with Gasteiger partial charge in [-0.25, -0.2) is 0 Å². The summed E-state index contributed by atoms with van der Waals surface area (Å²) in [5, 5.41) is 2.02. The second kappa shape index (κ2) is 18.1. The Morgan fingerprint density at radius 1 is 0.567 bits per heavy atom. The largest absolute Gasteiger partial charge is 0.534 e. The zero-order valence-electron chi connectivity index (χ0n) is 37.6. The zero-order valence-corrected chi connectivity index (χ0v) is 38.4. The Bertz CT molecular complexity index is 3220. The van der Waals surface area contributed by atoms with Gasteiger partial charge in [0.1, 0.15) is 0 Å². The monoisotopic (exact) mass is 910 g/mol. The van der Waals surface area contributed by atoms with Crippen LogP contribution in [0.15, 0.2) is 212 Å². The lowest BCUT2D eigenvalue weighted by Gasteiger charge is -2.40. The third-order valence-electron chi connectivity index (χ3n) is 12.6. The lowest BCUT2D eigenvalue weighted by Crippen LogP contribution is -2.35. The number of anilines is 6. The molecule has 0 aromatic heterocycles. The number of nitrogens with zero attached hydrogens (tertiary/aromatic N) is 2. The SMILES string of the molecule is CC.CC1=CCC(C2(c3ccc(C)cc3)c3ccccc3-c3cc(N(c4ccc(OS(=O)(=O)C(F)(F)F)c(N(c5ccccc5)c5ccccc5)c4)c4ccc5ccccc5c4)ccc32)C=C1. The zero-order chi connectivity index (χ0) is 46.9. The molecule has 0 saturated carbocycles. The van der Waals surface area contributed by atoms with Gasteiger partial charge in [-0.05, 0) is 132 Å². The highest BCUT2D eigenvalue weighted by Crippen LogP contribution is 2.59. The quantitative estimate of drug-likeness (QED) is 0.101. The number of para-hydroxylation sites is 2. The Morgan fingerprint density at radius 3 is 1.79 bits per heavy atom. The van der Waals surface area contributed by atoms with Crippen LogP contribution in [0.4, 0.5) is 47.3 Å². The fourth-order valence-corrected chi connectivity index (χ4v) is 10.1. The molecule has 8 aromatic rings. The van der Waals surface area contributed by atoms with E-state index in [9.17, 15) is 21.6 Å². The van der Waals surface area contributed by atoms with Crippen LogP contribution in [0.1, 0.15) is 49.4 Å². The van der Waals surface area contributed by atoms with Crippen molar-refractivity contribution in [3.63, 3.8) is 0 Å². The van der Waals surface area contributed by atoms with Crippen molar-refractivity contribution in [2.24, 2.45) is 5.92 Å². The average Bonchev–Trinajstić information content (AvgIpc) is 3.64. The number of hydrogen-bond acceptors (Lipinski definition) is 5. The molecule has 0 aliphatic heterocycles. The van der Waals surface area contributed by atoms with Crippen LogP contribution in [0.2, 0.25) is 0 Å². The summed E-state index contributed by atoms with van der Waals surface area (Å²) in [6, 6.07) is 60.9. The molecule has 336 valence electrons. The predicted molar refractivity (Wildman–Crippen MR) is 268 cm³/mol. The molecule has 0 radical (unpaired) electrons.